The number of hydrogen-bond donors (Lipinski definition) is 1. The van der Waals surface area contributed by atoms with Gasteiger partial charge in [0.1, 0.15) is 5.75 Å². The maximum Gasteiger partial charge on any atom is 0.137 e. The summed E-state index contributed by atoms with van der Waals surface area (Å²) < 4.78 is 5.68. The van der Waals surface area contributed by atoms with E-state index in [9.17, 15) is 0 Å². The van der Waals surface area contributed by atoms with Crippen LogP contribution in [0.15, 0.2) is 18.5 Å². The molecule has 3 heteroatoms. The summed E-state index contributed by atoms with van der Waals surface area (Å²) in [5, 5.41) is 0. The second-order valence-corrected chi connectivity index (χ2v) is 5.65. The summed E-state index contributed by atoms with van der Waals surface area (Å²) in [5.74, 6) is 1.41. The van der Waals surface area contributed by atoms with Crippen LogP contribution in [0.25, 0.3) is 0 Å². The summed E-state index contributed by atoms with van der Waals surface area (Å²) in [5.41, 5.74) is 7.67. The molecule has 0 bridgehead atoms. The van der Waals surface area contributed by atoms with E-state index in [0.29, 0.717) is 5.92 Å². The minimum atomic E-state index is -0.217. The number of nitrogens with two attached hydrogens (primary N) is 1. The summed E-state index contributed by atoms with van der Waals surface area (Å²) in [6.07, 6.45) is 10.7. The second kappa shape index (κ2) is 6.38. The monoisotopic (exact) mass is 262 g/mol. The van der Waals surface area contributed by atoms with Gasteiger partial charge in [0.05, 0.1) is 12.8 Å². The van der Waals surface area contributed by atoms with Crippen molar-refractivity contribution in [3.05, 3.63) is 24.0 Å². The van der Waals surface area contributed by atoms with E-state index < -0.39 is 0 Å². The molecule has 19 heavy (non-hydrogen) atoms. The predicted molar refractivity (Wildman–Crippen MR) is 78.1 cm³/mol. The highest BCUT2D eigenvalue weighted by Crippen LogP contribution is 2.41. The lowest BCUT2D eigenvalue weighted by atomic mass is 9.69. The van der Waals surface area contributed by atoms with Crippen molar-refractivity contribution >= 4 is 0 Å². The lowest BCUT2D eigenvalue weighted by molar-refractivity contribution is 0.183. The van der Waals surface area contributed by atoms with E-state index >= 15 is 0 Å². The summed E-state index contributed by atoms with van der Waals surface area (Å²) in [6, 6.07) is 2.09. The average molecular weight is 262 g/mol. The molecule has 2 unspecified atom stereocenters. The molecule has 1 aromatic heterocycles. The van der Waals surface area contributed by atoms with E-state index in [1.54, 1.807) is 6.20 Å². The summed E-state index contributed by atoms with van der Waals surface area (Å²) in [7, 11) is 0. The third-order valence-electron chi connectivity index (χ3n) is 4.34. The van der Waals surface area contributed by atoms with Gasteiger partial charge >= 0.3 is 0 Å². The van der Waals surface area contributed by atoms with E-state index in [1.807, 2.05) is 6.20 Å². The van der Waals surface area contributed by atoms with Crippen LogP contribution in [0.1, 0.15) is 57.9 Å². The summed E-state index contributed by atoms with van der Waals surface area (Å²) >= 11 is 0. The smallest absolute Gasteiger partial charge is 0.137 e. The minimum absolute atomic E-state index is 0.217. The Morgan fingerprint density at radius 1 is 1.37 bits per heavy atom. The molecule has 1 aliphatic carbocycles. The van der Waals surface area contributed by atoms with Crippen molar-refractivity contribution in [1.82, 2.24) is 4.98 Å². The maximum absolute atomic E-state index is 6.74. The Hall–Kier alpha value is -1.09. The summed E-state index contributed by atoms with van der Waals surface area (Å²) in [6.45, 7) is 5.08. The molecular formula is C16H26N2O. The topological polar surface area (TPSA) is 48.1 Å². The Bertz CT molecular complexity index is 407. The fraction of sp³-hybridized carbons (Fsp3) is 0.688. The number of rotatable bonds is 5. The van der Waals surface area contributed by atoms with Gasteiger partial charge in [0.25, 0.3) is 0 Å². The molecule has 3 nitrogen and oxygen atoms in total. The van der Waals surface area contributed by atoms with Gasteiger partial charge in [0.15, 0.2) is 0 Å². The van der Waals surface area contributed by atoms with Crippen LogP contribution in [-0.4, -0.2) is 11.6 Å². The fourth-order valence-electron chi connectivity index (χ4n) is 3.19. The molecule has 1 heterocycles. The standard InChI is InChI=1S/C16H26N2O/c1-3-9-19-15-10-14(11-18-12-15)16(17)8-6-5-7-13(16)4-2/h10-13H,3-9,17H2,1-2H3. The lowest BCUT2D eigenvalue weighted by Crippen LogP contribution is -2.46. The van der Waals surface area contributed by atoms with E-state index in [4.69, 9.17) is 10.5 Å². The Balaban J connectivity index is 2.23. The molecule has 2 N–H and O–H groups in total. The average Bonchev–Trinajstić information content (AvgIpc) is 2.46. The normalized spacial score (nSPS) is 27.2. The van der Waals surface area contributed by atoms with Crippen LogP contribution in [0.5, 0.6) is 5.75 Å². The van der Waals surface area contributed by atoms with Gasteiger partial charge in [-0.05, 0) is 36.8 Å². The number of hydrogen-bond acceptors (Lipinski definition) is 3. The molecule has 0 spiro atoms. The van der Waals surface area contributed by atoms with Crippen LogP contribution >= 0.6 is 0 Å². The molecule has 2 atom stereocenters. The molecular weight excluding hydrogens is 236 g/mol. The van der Waals surface area contributed by atoms with Crippen LogP contribution < -0.4 is 10.5 Å². The van der Waals surface area contributed by atoms with Crippen molar-refractivity contribution in [2.24, 2.45) is 11.7 Å². The zero-order valence-corrected chi connectivity index (χ0v) is 12.2. The Morgan fingerprint density at radius 3 is 2.95 bits per heavy atom. The van der Waals surface area contributed by atoms with Gasteiger partial charge in [-0.1, -0.05) is 33.1 Å². The van der Waals surface area contributed by atoms with Crippen LogP contribution in [0.3, 0.4) is 0 Å². The van der Waals surface area contributed by atoms with Crippen LogP contribution in [-0.2, 0) is 5.54 Å². The van der Waals surface area contributed by atoms with Gasteiger partial charge in [0.2, 0.25) is 0 Å². The van der Waals surface area contributed by atoms with Crippen molar-refractivity contribution in [2.75, 3.05) is 6.61 Å². The molecule has 2 rings (SSSR count). The van der Waals surface area contributed by atoms with Gasteiger partial charge in [0, 0.05) is 11.7 Å². The lowest BCUT2D eigenvalue weighted by Gasteiger charge is -2.41. The number of ether oxygens (including phenoxy) is 1. The van der Waals surface area contributed by atoms with E-state index in [0.717, 1.165) is 37.2 Å². The van der Waals surface area contributed by atoms with Crippen LogP contribution in [0.4, 0.5) is 0 Å². The van der Waals surface area contributed by atoms with Gasteiger partial charge in [-0.15, -0.1) is 0 Å². The minimum Gasteiger partial charge on any atom is -0.492 e. The molecule has 1 aliphatic rings. The highest BCUT2D eigenvalue weighted by molar-refractivity contribution is 5.30. The first kappa shape index (κ1) is 14.3. The van der Waals surface area contributed by atoms with Gasteiger partial charge in [-0.2, -0.15) is 0 Å². The van der Waals surface area contributed by atoms with E-state index in [-0.39, 0.29) is 5.54 Å². The fourth-order valence-corrected chi connectivity index (χ4v) is 3.19. The molecule has 1 fully saturated rings. The molecule has 0 saturated heterocycles. The molecule has 1 aromatic rings. The van der Waals surface area contributed by atoms with Crippen molar-refractivity contribution in [1.29, 1.82) is 0 Å². The van der Waals surface area contributed by atoms with Gasteiger partial charge < -0.3 is 10.5 Å². The molecule has 0 radical (unpaired) electrons. The first-order chi connectivity index (χ1) is 9.20. The molecule has 0 aliphatic heterocycles. The highest BCUT2D eigenvalue weighted by atomic mass is 16.5. The van der Waals surface area contributed by atoms with Crippen LogP contribution in [0, 0.1) is 5.92 Å². The van der Waals surface area contributed by atoms with Crippen molar-refractivity contribution < 1.29 is 4.74 Å². The van der Waals surface area contributed by atoms with Crippen molar-refractivity contribution in [3.63, 3.8) is 0 Å². The molecule has 0 aromatic carbocycles. The first-order valence-corrected chi connectivity index (χ1v) is 7.58. The van der Waals surface area contributed by atoms with Crippen LogP contribution in [0.2, 0.25) is 0 Å². The molecule has 1 saturated carbocycles. The second-order valence-electron chi connectivity index (χ2n) is 5.65. The summed E-state index contributed by atoms with van der Waals surface area (Å²) in [4.78, 5) is 4.32. The third kappa shape index (κ3) is 3.08. The van der Waals surface area contributed by atoms with Gasteiger partial charge in [-0.25, -0.2) is 0 Å². The maximum atomic E-state index is 6.74. The zero-order chi connectivity index (χ0) is 13.7. The largest absolute Gasteiger partial charge is 0.492 e. The zero-order valence-electron chi connectivity index (χ0n) is 12.2. The quantitative estimate of drug-likeness (QED) is 0.881. The van der Waals surface area contributed by atoms with Crippen molar-refractivity contribution in [3.8, 4) is 5.75 Å². The Morgan fingerprint density at radius 2 is 2.21 bits per heavy atom. The molecule has 106 valence electrons. The first-order valence-electron chi connectivity index (χ1n) is 7.58. The van der Waals surface area contributed by atoms with Gasteiger partial charge in [-0.3, -0.25) is 4.98 Å². The predicted octanol–water partition coefficient (Wildman–Crippen LogP) is 3.62. The number of nitrogens with zero attached hydrogens (tertiary/aromatic N) is 1. The number of pyridine rings is 1. The SMILES string of the molecule is CCCOc1cncc(C2(N)CCCCC2CC)c1. The third-order valence-corrected chi connectivity index (χ3v) is 4.34. The highest BCUT2D eigenvalue weighted by Gasteiger charge is 2.38. The van der Waals surface area contributed by atoms with E-state index in [1.165, 1.54) is 19.3 Å². The molecule has 0 amide bonds. The van der Waals surface area contributed by atoms with Crippen molar-refractivity contribution in [2.45, 2.75) is 57.9 Å². The number of aromatic nitrogens is 1. The Kier molecular flexibility index (Phi) is 4.81. The van der Waals surface area contributed by atoms with E-state index in [2.05, 4.69) is 24.9 Å². The Labute approximate surface area is 116 Å².